The molecule has 1 aromatic carbocycles. The highest BCUT2D eigenvalue weighted by molar-refractivity contribution is 6.74. The van der Waals surface area contributed by atoms with Crippen molar-refractivity contribution in [2.75, 3.05) is 20.0 Å². The molecule has 0 radical (unpaired) electrons. The van der Waals surface area contributed by atoms with Gasteiger partial charge in [0.15, 0.2) is 8.32 Å². The number of hydrogen-bond acceptors (Lipinski definition) is 5. The molecule has 0 aromatic heterocycles. The molecule has 1 aromatic rings. The highest BCUT2D eigenvalue weighted by Gasteiger charge is 2.38. The quantitative estimate of drug-likeness (QED) is 0.261. The van der Waals surface area contributed by atoms with E-state index in [0.29, 0.717) is 19.8 Å². The third kappa shape index (κ3) is 8.77. The van der Waals surface area contributed by atoms with E-state index >= 15 is 0 Å². The summed E-state index contributed by atoms with van der Waals surface area (Å²) in [7, 11) is -1.86. The average molecular weight is 441 g/mol. The van der Waals surface area contributed by atoms with E-state index in [-0.39, 0.29) is 29.6 Å². The molecule has 0 bridgehead atoms. The topological polar surface area (TPSA) is 68.2 Å². The second kappa shape index (κ2) is 12.3. The Labute approximate surface area is 184 Å². The number of benzene rings is 1. The molecule has 0 saturated heterocycles. The molecular weight excluding hydrogens is 396 g/mol. The van der Waals surface area contributed by atoms with Crippen molar-refractivity contribution in [1.29, 1.82) is 0 Å². The maximum atomic E-state index is 10.8. The molecule has 5 nitrogen and oxygen atoms in total. The molecule has 0 aliphatic rings. The van der Waals surface area contributed by atoms with Crippen LogP contribution in [0, 0.1) is 17.8 Å². The zero-order valence-electron chi connectivity index (χ0n) is 20.2. The van der Waals surface area contributed by atoms with E-state index in [2.05, 4.69) is 33.9 Å². The average Bonchev–Trinajstić information content (AvgIpc) is 2.69. The van der Waals surface area contributed by atoms with Crippen LogP contribution in [-0.2, 0) is 20.5 Å². The molecule has 0 saturated carbocycles. The minimum atomic E-state index is -1.86. The monoisotopic (exact) mass is 440 g/mol. The second-order valence-electron chi connectivity index (χ2n) is 10.2. The predicted molar refractivity (Wildman–Crippen MR) is 125 cm³/mol. The van der Waals surface area contributed by atoms with Crippen molar-refractivity contribution < 1.29 is 24.1 Å². The summed E-state index contributed by atoms with van der Waals surface area (Å²) in [6, 6.07) is 9.93. The zero-order chi connectivity index (χ0) is 22.9. The molecule has 0 aliphatic heterocycles. The number of rotatable bonds is 13. The smallest absolute Gasteiger partial charge is 0.191 e. The zero-order valence-corrected chi connectivity index (χ0v) is 21.2. The van der Waals surface area contributed by atoms with Crippen LogP contribution in [0.25, 0.3) is 0 Å². The number of aliphatic hydroxyl groups excluding tert-OH is 2. The summed E-state index contributed by atoms with van der Waals surface area (Å²) in [5.41, 5.74) is 1.10. The van der Waals surface area contributed by atoms with Crippen molar-refractivity contribution >= 4 is 8.32 Å². The number of ether oxygens (including phenoxy) is 2. The Morgan fingerprint density at radius 1 is 0.867 bits per heavy atom. The highest BCUT2D eigenvalue weighted by atomic mass is 28.4. The first-order valence-electron chi connectivity index (χ1n) is 11.1. The first-order chi connectivity index (χ1) is 13.9. The lowest BCUT2D eigenvalue weighted by molar-refractivity contribution is -0.0966. The minimum Gasteiger partial charge on any atom is -0.416 e. The van der Waals surface area contributed by atoms with Crippen molar-refractivity contribution in [3.8, 4) is 0 Å². The van der Waals surface area contributed by atoms with Gasteiger partial charge in [0.25, 0.3) is 0 Å². The molecule has 30 heavy (non-hydrogen) atoms. The first kappa shape index (κ1) is 27.3. The summed E-state index contributed by atoms with van der Waals surface area (Å²) < 4.78 is 17.3. The lowest BCUT2D eigenvalue weighted by Gasteiger charge is -2.38. The van der Waals surface area contributed by atoms with Gasteiger partial charge in [0.05, 0.1) is 25.4 Å². The maximum absolute atomic E-state index is 10.8. The van der Waals surface area contributed by atoms with Crippen LogP contribution >= 0.6 is 0 Å². The van der Waals surface area contributed by atoms with E-state index in [1.807, 2.05) is 51.1 Å². The van der Waals surface area contributed by atoms with Crippen molar-refractivity contribution in [1.82, 2.24) is 0 Å². The third-order valence-electron chi connectivity index (χ3n) is 6.42. The SMILES string of the molecule is C[C@H]([C@@H](O)[C@H](C)CO[Si](C)(C)C(C)(C)C)[C@@H](O)[C@@H](C)COCOCc1ccccc1. The Balaban J connectivity index is 2.36. The van der Waals surface area contributed by atoms with Crippen LogP contribution in [0.1, 0.15) is 47.1 Å². The maximum Gasteiger partial charge on any atom is 0.191 e. The van der Waals surface area contributed by atoms with E-state index in [1.54, 1.807) is 0 Å². The van der Waals surface area contributed by atoms with E-state index in [4.69, 9.17) is 13.9 Å². The molecular formula is C24H44O5Si. The van der Waals surface area contributed by atoms with Gasteiger partial charge in [0, 0.05) is 24.4 Å². The molecule has 0 spiro atoms. The predicted octanol–water partition coefficient (Wildman–Crippen LogP) is 4.83. The van der Waals surface area contributed by atoms with Gasteiger partial charge in [-0.05, 0) is 23.7 Å². The molecule has 0 aliphatic carbocycles. The Morgan fingerprint density at radius 3 is 1.93 bits per heavy atom. The van der Waals surface area contributed by atoms with Gasteiger partial charge >= 0.3 is 0 Å². The molecule has 0 fully saturated rings. The van der Waals surface area contributed by atoms with E-state index in [9.17, 15) is 10.2 Å². The van der Waals surface area contributed by atoms with Crippen molar-refractivity contribution in [2.24, 2.45) is 17.8 Å². The Kier molecular flexibility index (Phi) is 11.2. The fourth-order valence-electron chi connectivity index (χ4n) is 3.02. The van der Waals surface area contributed by atoms with Gasteiger partial charge in [-0.25, -0.2) is 0 Å². The molecule has 6 heteroatoms. The van der Waals surface area contributed by atoms with Crippen LogP contribution in [-0.4, -0.2) is 50.7 Å². The van der Waals surface area contributed by atoms with Crippen LogP contribution < -0.4 is 0 Å². The normalized spacial score (nSPS) is 17.9. The summed E-state index contributed by atoms with van der Waals surface area (Å²) in [6.45, 7) is 18.4. The lowest BCUT2D eigenvalue weighted by atomic mass is 9.85. The largest absolute Gasteiger partial charge is 0.416 e. The first-order valence-corrected chi connectivity index (χ1v) is 14.0. The van der Waals surface area contributed by atoms with Gasteiger partial charge < -0.3 is 24.1 Å². The van der Waals surface area contributed by atoms with Gasteiger partial charge in [0.2, 0.25) is 0 Å². The number of hydrogen-bond donors (Lipinski definition) is 2. The standard InChI is InChI=1S/C24H44O5Si/c1-18(14-27-17-28-16-21-12-10-9-11-13-21)22(25)20(3)23(26)19(2)15-29-30(7,8)24(4,5)6/h9-13,18-20,22-23,25-26H,14-17H2,1-8H3/t18-,19+,20-,22-,23-/m0/s1. The van der Waals surface area contributed by atoms with Crippen LogP contribution in [0.3, 0.4) is 0 Å². The highest BCUT2D eigenvalue weighted by Crippen LogP contribution is 2.37. The molecule has 2 N–H and O–H groups in total. The van der Waals surface area contributed by atoms with Gasteiger partial charge in [-0.3, -0.25) is 0 Å². The van der Waals surface area contributed by atoms with Crippen LogP contribution in [0.4, 0.5) is 0 Å². The van der Waals surface area contributed by atoms with Crippen molar-refractivity contribution in [2.45, 2.75) is 78.5 Å². The van der Waals surface area contributed by atoms with Gasteiger partial charge in [0.1, 0.15) is 6.79 Å². The van der Waals surface area contributed by atoms with E-state index < -0.39 is 20.5 Å². The summed E-state index contributed by atoms with van der Waals surface area (Å²) in [5.74, 6) is -0.429. The Morgan fingerprint density at radius 2 is 1.40 bits per heavy atom. The van der Waals surface area contributed by atoms with E-state index in [0.717, 1.165) is 5.56 Å². The molecule has 174 valence electrons. The summed E-state index contributed by atoms with van der Waals surface area (Å²) in [4.78, 5) is 0. The molecule has 5 atom stereocenters. The Hall–Kier alpha value is -0.763. The summed E-state index contributed by atoms with van der Waals surface area (Å²) >= 11 is 0. The fraction of sp³-hybridized carbons (Fsp3) is 0.750. The molecule has 0 unspecified atom stereocenters. The lowest BCUT2D eigenvalue weighted by Crippen LogP contribution is -2.44. The van der Waals surface area contributed by atoms with Crippen LogP contribution in [0.2, 0.25) is 18.1 Å². The minimum absolute atomic E-state index is 0.0499. The summed E-state index contributed by atoms with van der Waals surface area (Å²) in [6.07, 6.45) is -1.30. The fourth-order valence-corrected chi connectivity index (χ4v) is 4.13. The van der Waals surface area contributed by atoms with Crippen molar-refractivity contribution in [3.05, 3.63) is 35.9 Å². The molecule has 0 amide bonds. The molecule has 0 heterocycles. The van der Waals surface area contributed by atoms with E-state index in [1.165, 1.54) is 0 Å². The van der Waals surface area contributed by atoms with Gasteiger partial charge in [-0.1, -0.05) is 71.9 Å². The summed E-state index contributed by atoms with van der Waals surface area (Å²) in [5, 5.41) is 21.6. The Bertz CT molecular complexity index is 587. The second-order valence-corrected chi connectivity index (χ2v) is 15.0. The van der Waals surface area contributed by atoms with Crippen LogP contribution in [0.5, 0.6) is 0 Å². The van der Waals surface area contributed by atoms with Gasteiger partial charge in [-0.2, -0.15) is 0 Å². The van der Waals surface area contributed by atoms with Crippen molar-refractivity contribution in [3.63, 3.8) is 0 Å². The van der Waals surface area contributed by atoms with Crippen LogP contribution in [0.15, 0.2) is 30.3 Å². The third-order valence-corrected chi connectivity index (χ3v) is 10.9. The number of aliphatic hydroxyl groups is 2. The van der Waals surface area contributed by atoms with Gasteiger partial charge in [-0.15, -0.1) is 0 Å². The molecule has 1 rings (SSSR count).